The summed E-state index contributed by atoms with van der Waals surface area (Å²) in [6.45, 7) is 5.81. The molecule has 3 heterocycles. The zero-order valence-electron chi connectivity index (χ0n) is 11.6. The first-order chi connectivity index (χ1) is 9.59. The molecule has 0 aliphatic rings. The first kappa shape index (κ1) is 12.5. The Kier molecular flexibility index (Phi) is 2.82. The first-order valence-corrected chi connectivity index (χ1v) is 6.33. The number of pyridine rings is 1. The second-order valence-electron chi connectivity index (χ2n) is 4.70. The molecule has 0 atom stereocenters. The number of aromatic nitrogens is 2. The van der Waals surface area contributed by atoms with Crippen LogP contribution in [0.5, 0.6) is 0 Å². The maximum absolute atomic E-state index is 5.94. The standard InChI is InChI=1S/C15H15N3O2/c1-8-9(2)19-10(3)12(8)14-13(15(16)18-20-14)11-6-4-5-7-17-11/h4-7H,1-3H3,(H2,16,18). The summed E-state index contributed by atoms with van der Waals surface area (Å²) in [6, 6.07) is 5.63. The van der Waals surface area contributed by atoms with Crippen LogP contribution in [0.2, 0.25) is 0 Å². The Bertz CT molecular complexity index is 757. The van der Waals surface area contributed by atoms with Gasteiger partial charge in [-0.25, -0.2) is 0 Å². The molecule has 5 heteroatoms. The molecule has 5 nitrogen and oxygen atoms in total. The quantitative estimate of drug-likeness (QED) is 0.770. The molecule has 3 aromatic rings. The van der Waals surface area contributed by atoms with Crippen LogP contribution in [-0.4, -0.2) is 10.1 Å². The van der Waals surface area contributed by atoms with Crippen LogP contribution in [0.25, 0.3) is 22.6 Å². The van der Waals surface area contributed by atoms with Crippen LogP contribution in [0.15, 0.2) is 33.3 Å². The molecule has 102 valence electrons. The topological polar surface area (TPSA) is 78.1 Å². The number of nitrogens with two attached hydrogens (primary N) is 1. The molecule has 0 unspecified atom stereocenters. The van der Waals surface area contributed by atoms with Gasteiger partial charge in [-0.05, 0) is 32.9 Å². The van der Waals surface area contributed by atoms with Crippen LogP contribution in [0, 0.1) is 20.8 Å². The molecule has 0 bridgehead atoms. The fourth-order valence-electron chi connectivity index (χ4n) is 2.36. The largest absolute Gasteiger partial charge is 0.466 e. The van der Waals surface area contributed by atoms with Crippen molar-refractivity contribution in [2.45, 2.75) is 20.8 Å². The zero-order valence-corrected chi connectivity index (χ0v) is 11.6. The van der Waals surface area contributed by atoms with Gasteiger partial charge in [0.25, 0.3) is 0 Å². The highest BCUT2D eigenvalue weighted by Gasteiger charge is 2.24. The van der Waals surface area contributed by atoms with Crippen LogP contribution in [-0.2, 0) is 0 Å². The molecule has 0 amide bonds. The lowest BCUT2D eigenvalue weighted by molar-refractivity contribution is 0.434. The maximum atomic E-state index is 5.94. The normalized spacial score (nSPS) is 10.9. The Labute approximate surface area is 116 Å². The lowest BCUT2D eigenvalue weighted by atomic mass is 10.0. The summed E-state index contributed by atoms with van der Waals surface area (Å²) < 4.78 is 11.1. The minimum atomic E-state index is 0.330. The van der Waals surface area contributed by atoms with E-state index in [1.807, 2.05) is 39.0 Å². The van der Waals surface area contributed by atoms with E-state index in [2.05, 4.69) is 10.1 Å². The SMILES string of the molecule is Cc1oc(C)c(-c2onc(N)c2-c2ccccn2)c1C. The van der Waals surface area contributed by atoms with Crippen LogP contribution < -0.4 is 5.73 Å². The summed E-state index contributed by atoms with van der Waals surface area (Å²) in [5, 5.41) is 3.88. The highest BCUT2D eigenvalue weighted by Crippen LogP contribution is 2.40. The molecule has 0 saturated carbocycles. The predicted octanol–water partition coefficient (Wildman–Crippen LogP) is 3.50. The number of rotatable bonds is 2. The Morgan fingerprint density at radius 3 is 2.45 bits per heavy atom. The predicted molar refractivity (Wildman–Crippen MR) is 76.1 cm³/mol. The summed E-state index contributed by atoms with van der Waals surface area (Å²) in [7, 11) is 0. The van der Waals surface area contributed by atoms with E-state index in [0.717, 1.165) is 28.3 Å². The molecule has 0 spiro atoms. The van der Waals surface area contributed by atoms with E-state index >= 15 is 0 Å². The number of hydrogen-bond donors (Lipinski definition) is 1. The van der Waals surface area contributed by atoms with Crippen molar-refractivity contribution in [2.75, 3.05) is 5.73 Å². The van der Waals surface area contributed by atoms with Crippen molar-refractivity contribution in [3.8, 4) is 22.6 Å². The van der Waals surface area contributed by atoms with Gasteiger partial charge >= 0.3 is 0 Å². The van der Waals surface area contributed by atoms with Crippen molar-refractivity contribution in [3.05, 3.63) is 41.5 Å². The van der Waals surface area contributed by atoms with E-state index in [1.165, 1.54) is 0 Å². The molecule has 0 aromatic carbocycles. The van der Waals surface area contributed by atoms with Gasteiger partial charge in [0, 0.05) is 11.8 Å². The second-order valence-corrected chi connectivity index (χ2v) is 4.70. The van der Waals surface area contributed by atoms with Crippen LogP contribution >= 0.6 is 0 Å². The van der Waals surface area contributed by atoms with Crippen molar-refractivity contribution in [3.63, 3.8) is 0 Å². The highest BCUT2D eigenvalue weighted by molar-refractivity contribution is 5.86. The molecule has 0 radical (unpaired) electrons. The Morgan fingerprint density at radius 2 is 1.85 bits per heavy atom. The van der Waals surface area contributed by atoms with E-state index in [1.54, 1.807) is 6.20 Å². The van der Waals surface area contributed by atoms with Gasteiger partial charge < -0.3 is 14.7 Å². The molecule has 2 N–H and O–H groups in total. The van der Waals surface area contributed by atoms with Crippen molar-refractivity contribution in [1.82, 2.24) is 10.1 Å². The minimum absolute atomic E-state index is 0.330. The van der Waals surface area contributed by atoms with Gasteiger partial charge in [-0.1, -0.05) is 11.2 Å². The van der Waals surface area contributed by atoms with E-state index in [9.17, 15) is 0 Å². The number of aryl methyl sites for hydroxylation is 2. The van der Waals surface area contributed by atoms with Gasteiger partial charge in [-0.15, -0.1) is 0 Å². The van der Waals surface area contributed by atoms with Crippen LogP contribution in [0.1, 0.15) is 17.1 Å². The summed E-state index contributed by atoms with van der Waals surface area (Å²) in [6.07, 6.45) is 1.71. The van der Waals surface area contributed by atoms with Gasteiger partial charge in [-0.3, -0.25) is 4.98 Å². The lowest BCUT2D eigenvalue weighted by Gasteiger charge is -2.02. The minimum Gasteiger partial charge on any atom is -0.466 e. The zero-order chi connectivity index (χ0) is 14.3. The third kappa shape index (κ3) is 1.79. The van der Waals surface area contributed by atoms with Gasteiger partial charge in [0.15, 0.2) is 11.6 Å². The van der Waals surface area contributed by atoms with Crippen LogP contribution in [0.4, 0.5) is 5.82 Å². The third-order valence-corrected chi connectivity index (χ3v) is 3.43. The lowest BCUT2D eigenvalue weighted by Crippen LogP contribution is -1.91. The summed E-state index contributed by atoms with van der Waals surface area (Å²) in [4.78, 5) is 4.32. The van der Waals surface area contributed by atoms with E-state index < -0.39 is 0 Å². The average Bonchev–Trinajstić information content (AvgIpc) is 2.92. The monoisotopic (exact) mass is 269 g/mol. The fourth-order valence-corrected chi connectivity index (χ4v) is 2.36. The number of hydrogen-bond acceptors (Lipinski definition) is 5. The molecular formula is C15H15N3O2. The second kappa shape index (κ2) is 4.52. The molecule has 0 fully saturated rings. The van der Waals surface area contributed by atoms with E-state index in [-0.39, 0.29) is 0 Å². The number of nitrogens with zero attached hydrogens (tertiary/aromatic N) is 2. The van der Waals surface area contributed by atoms with Crippen molar-refractivity contribution in [1.29, 1.82) is 0 Å². The smallest absolute Gasteiger partial charge is 0.182 e. The molecule has 20 heavy (non-hydrogen) atoms. The van der Waals surface area contributed by atoms with E-state index in [0.29, 0.717) is 17.1 Å². The van der Waals surface area contributed by atoms with Crippen molar-refractivity contribution >= 4 is 5.82 Å². The van der Waals surface area contributed by atoms with Gasteiger partial charge in [0.05, 0.1) is 16.8 Å². The van der Waals surface area contributed by atoms with E-state index in [4.69, 9.17) is 14.7 Å². The highest BCUT2D eigenvalue weighted by atomic mass is 16.5. The Balaban J connectivity index is 2.27. The molecule has 3 aromatic heterocycles. The van der Waals surface area contributed by atoms with Crippen molar-refractivity contribution in [2.24, 2.45) is 0 Å². The number of nitrogen functional groups attached to an aromatic ring is 1. The molecule has 0 saturated heterocycles. The molecule has 3 rings (SSSR count). The van der Waals surface area contributed by atoms with Crippen LogP contribution in [0.3, 0.4) is 0 Å². The summed E-state index contributed by atoms with van der Waals surface area (Å²) in [5.41, 5.74) is 9.30. The molecular weight excluding hydrogens is 254 g/mol. The molecule has 0 aliphatic carbocycles. The van der Waals surface area contributed by atoms with Gasteiger partial charge in [0.1, 0.15) is 11.5 Å². The Hall–Kier alpha value is -2.56. The fraction of sp³-hybridized carbons (Fsp3) is 0.200. The van der Waals surface area contributed by atoms with Gasteiger partial charge in [-0.2, -0.15) is 0 Å². The maximum Gasteiger partial charge on any atom is 0.182 e. The Morgan fingerprint density at radius 1 is 1.05 bits per heavy atom. The molecule has 0 aliphatic heterocycles. The number of anilines is 1. The first-order valence-electron chi connectivity index (χ1n) is 6.33. The van der Waals surface area contributed by atoms with Gasteiger partial charge in [0.2, 0.25) is 0 Å². The average molecular weight is 269 g/mol. The number of furan rings is 1. The third-order valence-electron chi connectivity index (χ3n) is 3.43. The van der Waals surface area contributed by atoms with Crippen molar-refractivity contribution < 1.29 is 8.94 Å². The summed E-state index contributed by atoms with van der Waals surface area (Å²) in [5.74, 6) is 2.58. The summed E-state index contributed by atoms with van der Waals surface area (Å²) >= 11 is 0.